The fourth-order valence-corrected chi connectivity index (χ4v) is 2.10. The molecule has 1 heterocycles. The van der Waals surface area contributed by atoms with Gasteiger partial charge in [-0.3, -0.25) is 0 Å². The van der Waals surface area contributed by atoms with Crippen molar-refractivity contribution in [1.82, 2.24) is 4.98 Å². The molecule has 1 aliphatic carbocycles. The van der Waals surface area contributed by atoms with Gasteiger partial charge in [0.15, 0.2) is 0 Å². The molecule has 1 aliphatic rings. The molecule has 1 fully saturated rings. The highest BCUT2D eigenvalue weighted by molar-refractivity contribution is 9.10. The van der Waals surface area contributed by atoms with Gasteiger partial charge in [-0.1, -0.05) is 15.9 Å². The van der Waals surface area contributed by atoms with Gasteiger partial charge in [-0.15, -0.1) is 0 Å². The average molecular weight is 272 g/mol. The Kier molecular flexibility index (Phi) is 3.59. The molecule has 0 amide bonds. The van der Waals surface area contributed by atoms with E-state index >= 15 is 0 Å². The highest BCUT2D eigenvalue weighted by atomic mass is 79.9. The quantitative estimate of drug-likeness (QED) is 0.899. The van der Waals surface area contributed by atoms with Crippen molar-refractivity contribution in [3.05, 3.63) is 22.8 Å². The van der Waals surface area contributed by atoms with Crippen molar-refractivity contribution in [2.75, 3.05) is 0 Å². The lowest BCUT2D eigenvalue weighted by Crippen LogP contribution is -2.26. The summed E-state index contributed by atoms with van der Waals surface area (Å²) in [7, 11) is 0. The van der Waals surface area contributed by atoms with E-state index in [2.05, 4.69) is 20.9 Å². The summed E-state index contributed by atoms with van der Waals surface area (Å²) in [4.78, 5) is 4.14. The fourth-order valence-electron chi connectivity index (χ4n) is 1.78. The Hall–Kier alpha value is -0.610. The minimum absolute atomic E-state index is 0.139. The molecule has 1 N–H and O–H groups in total. The molecule has 1 aromatic heterocycles. The van der Waals surface area contributed by atoms with Gasteiger partial charge in [0.05, 0.1) is 6.10 Å². The van der Waals surface area contributed by atoms with E-state index in [1.165, 1.54) is 0 Å². The van der Waals surface area contributed by atoms with Gasteiger partial charge in [0.2, 0.25) is 5.88 Å². The summed E-state index contributed by atoms with van der Waals surface area (Å²) in [5, 5.41) is 9.36. The molecule has 0 atom stereocenters. The normalized spacial score (nSPS) is 26.3. The minimum Gasteiger partial charge on any atom is -0.474 e. The third kappa shape index (κ3) is 3.18. The molecule has 3 nitrogen and oxygen atoms in total. The van der Waals surface area contributed by atoms with Gasteiger partial charge in [0, 0.05) is 16.7 Å². The number of ether oxygens (including phenoxy) is 1. The maximum absolute atomic E-state index is 9.36. The van der Waals surface area contributed by atoms with Crippen LogP contribution in [0.3, 0.4) is 0 Å². The number of halogens is 1. The maximum Gasteiger partial charge on any atom is 0.214 e. The number of pyridine rings is 1. The molecule has 1 aromatic rings. The highest BCUT2D eigenvalue weighted by Gasteiger charge is 2.20. The van der Waals surface area contributed by atoms with Crippen molar-refractivity contribution < 1.29 is 9.84 Å². The van der Waals surface area contributed by atoms with Crippen molar-refractivity contribution in [2.24, 2.45) is 0 Å². The van der Waals surface area contributed by atoms with Crippen LogP contribution in [-0.4, -0.2) is 22.3 Å². The van der Waals surface area contributed by atoms with E-state index in [0.29, 0.717) is 5.88 Å². The first kappa shape index (κ1) is 10.9. The second kappa shape index (κ2) is 4.94. The number of hydrogen-bond acceptors (Lipinski definition) is 3. The van der Waals surface area contributed by atoms with Crippen LogP contribution < -0.4 is 4.74 Å². The Labute approximate surface area is 97.6 Å². The van der Waals surface area contributed by atoms with Gasteiger partial charge in [-0.2, -0.15) is 0 Å². The molecule has 0 aliphatic heterocycles. The number of aliphatic hydroxyl groups excluding tert-OH is 1. The molecule has 4 heteroatoms. The molecule has 82 valence electrons. The zero-order chi connectivity index (χ0) is 10.7. The Morgan fingerprint density at radius 2 is 2.07 bits per heavy atom. The molecule has 0 unspecified atom stereocenters. The van der Waals surface area contributed by atoms with E-state index in [1.54, 1.807) is 6.20 Å². The summed E-state index contributed by atoms with van der Waals surface area (Å²) in [5.41, 5.74) is 0. The van der Waals surface area contributed by atoms with E-state index in [9.17, 15) is 5.11 Å². The van der Waals surface area contributed by atoms with Crippen molar-refractivity contribution in [3.63, 3.8) is 0 Å². The smallest absolute Gasteiger partial charge is 0.214 e. The SMILES string of the molecule is O[C@H]1CC[C@@H](Oc2cc(Br)ccn2)CC1. The third-order valence-corrected chi connectivity index (χ3v) is 3.12. The first-order valence-electron chi connectivity index (χ1n) is 5.20. The maximum atomic E-state index is 9.36. The Morgan fingerprint density at radius 3 is 2.73 bits per heavy atom. The monoisotopic (exact) mass is 271 g/mol. The van der Waals surface area contributed by atoms with Crippen molar-refractivity contribution >= 4 is 15.9 Å². The Bertz CT molecular complexity index is 324. The lowest BCUT2D eigenvalue weighted by Gasteiger charge is -2.25. The standard InChI is InChI=1S/C11H14BrNO2/c12-8-5-6-13-11(7-8)15-10-3-1-9(14)2-4-10/h5-7,9-10,14H,1-4H2/t9-,10+. The Morgan fingerprint density at radius 1 is 1.33 bits per heavy atom. The predicted octanol–water partition coefficient (Wildman–Crippen LogP) is 2.53. The van der Waals surface area contributed by atoms with Crippen LogP contribution in [0.2, 0.25) is 0 Å². The first-order valence-corrected chi connectivity index (χ1v) is 5.99. The van der Waals surface area contributed by atoms with Crippen LogP contribution in [-0.2, 0) is 0 Å². The van der Waals surface area contributed by atoms with Crippen molar-refractivity contribution in [3.8, 4) is 5.88 Å². The Balaban J connectivity index is 1.92. The third-order valence-electron chi connectivity index (χ3n) is 2.63. The van der Waals surface area contributed by atoms with Gasteiger partial charge in [-0.25, -0.2) is 4.98 Å². The molecule has 1 saturated carbocycles. The summed E-state index contributed by atoms with van der Waals surface area (Å²) >= 11 is 3.38. The molecule has 0 spiro atoms. The largest absolute Gasteiger partial charge is 0.474 e. The summed E-state index contributed by atoms with van der Waals surface area (Å²) in [5.74, 6) is 0.658. The van der Waals surface area contributed by atoms with Crippen LogP contribution in [0.5, 0.6) is 5.88 Å². The molecule has 2 rings (SSSR count). The van der Waals surface area contributed by atoms with Crippen molar-refractivity contribution in [1.29, 1.82) is 0 Å². The van der Waals surface area contributed by atoms with Crippen LogP contribution in [0, 0.1) is 0 Å². The van der Waals surface area contributed by atoms with Gasteiger partial charge in [0.1, 0.15) is 6.10 Å². The zero-order valence-electron chi connectivity index (χ0n) is 8.40. The second-order valence-corrected chi connectivity index (χ2v) is 4.78. The number of rotatable bonds is 2. The molecule has 0 radical (unpaired) electrons. The molecule has 15 heavy (non-hydrogen) atoms. The van der Waals surface area contributed by atoms with Crippen LogP contribution in [0.1, 0.15) is 25.7 Å². The lowest BCUT2D eigenvalue weighted by atomic mass is 9.95. The summed E-state index contributed by atoms with van der Waals surface area (Å²) in [6.45, 7) is 0. The highest BCUT2D eigenvalue weighted by Crippen LogP contribution is 2.23. The van der Waals surface area contributed by atoms with E-state index in [0.717, 1.165) is 30.2 Å². The number of aliphatic hydroxyl groups is 1. The van der Waals surface area contributed by atoms with E-state index in [4.69, 9.17) is 4.74 Å². The molecular weight excluding hydrogens is 258 g/mol. The minimum atomic E-state index is -0.139. The van der Waals surface area contributed by atoms with Crippen molar-refractivity contribution in [2.45, 2.75) is 37.9 Å². The predicted molar refractivity (Wildman–Crippen MR) is 60.8 cm³/mol. The van der Waals surface area contributed by atoms with Gasteiger partial charge >= 0.3 is 0 Å². The zero-order valence-corrected chi connectivity index (χ0v) is 9.98. The number of aromatic nitrogens is 1. The second-order valence-electron chi connectivity index (χ2n) is 3.86. The number of hydrogen-bond donors (Lipinski definition) is 1. The molecular formula is C11H14BrNO2. The van der Waals surface area contributed by atoms with Crippen LogP contribution in [0.15, 0.2) is 22.8 Å². The summed E-state index contributed by atoms with van der Waals surface area (Å²) in [6.07, 6.45) is 5.27. The van der Waals surface area contributed by atoms with E-state index in [-0.39, 0.29) is 12.2 Å². The summed E-state index contributed by atoms with van der Waals surface area (Å²) in [6, 6.07) is 3.74. The van der Waals surface area contributed by atoms with Crippen LogP contribution in [0.4, 0.5) is 0 Å². The molecule has 0 bridgehead atoms. The molecule has 0 saturated heterocycles. The van der Waals surface area contributed by atoms with Crippen LogP contribution in [0.25, 0.3) is 0 Å². The summed E-state index contributed by atoms with van der Waals surface area (Å²) < 4.78 is 6.71. The van der Waals surface area contributed by atoms with E-state index < -0.39 is 0 Å². The van der Waals surface area contributed by atoms with Gasteiger partial charge in [0.25, 0.3) is 0 Å². The average Bonchev–Trinajstić information content (AvgIpc) is 2.22. The molecule has 0 aromatic carbocycles. The lowest BCUT2D eigenvalue weighted by molar-refractivity contribution is 0.0643. The topological polar surface area (TPSA) is 42.4 Å². The van der Waals surface area contributed by atoms with Gasteiger partial charge < -0.3 is 9.84 Å². The van der Waals surface area contributed by atoms with E-state index in [1.807, 2.05) is 12.1 Å². The first-order chi connectivity index (χ1) is 7.24. The fraction of sp³-hybridized carbons (Fsp3) is 0.545. The van der Waals surface area contributed by atoms with Crippen LogP contribution >= 0.6 is 15.9 Å². The van der Waals surface area contributed by atoms with Gasteiger partial charge in [-0.05, 0) is 31.7 Å². The number of nitrogens with zero attached hydrogens (tertiary/aromatic N) is 1.